The molecule has 0 unspecified atom stereocenters. The third-order valence-electron chi connectivity index (χ3n) is 4.08. The third-order valence-corrected chi connectivity index (χ3v) is 4.93. The molecule has 4 nitrogen and oxygen atoms in total. The molecule has 130 valence electrons. The Bertz CT molecular complexity index is 1050. The second kappa shape index (κ2) is 6.80. The fourth-order valence-electron chi connectivity index (χ4n) is 2.79. The summed E-state index contributed by atoms with van der Waals surface area (Å²) in [6.45, 7) is 4.17. The van der Waals surface area contributed by atoms with E-state index in [4.69, 9.17) is 9.51 Å². The fourth-order valence-corrected chi connectivity index (χ4v) is 3.57. The molecule has 0 aliphatic carbocycles. The fraction of sp³-hybridized carbons (Fsp3) is 0.150. The Morgan fingerprint density at radius 3 is 2.62 bits per heavy atom. The summed E-state index contributed by atoms with van der Waals surface area (Å²) in [5, 5.41) is 6.93. The van der Waals surface area contributed by atoms with Crippen molar-refractivity contribution in [1.29, 1.82) is 0 Å². The van der Waals surface area contributed by atoms with Crippen LogP contribution in [0.25, 0.3) is 22.6 Å². The van der Waals surface area contributed by atoms with E-state index in [1.807, 2.05) is 5.38 Å². The number of halogens is 1. The molecular formula is C20H16FN3OS. The molecule has 0 aliphatic rings. The molecule has 2 aromatic heterocycles. The summed E-state index contributed by atoms with van der Waals surface area (Å²) < 4.78 is 18.3. The first kappa shape index (κ1) is 16.6. The topological polar surface area (TPSA) is 51.8 Å². The van der Waals surface area contributed by atoms with Crippen LogP contribution in [-0.4, -0.2) is 15.1 Å². The largest absolute Gasteiger partial charge is 0.339 e. The van der Waals surface area contributed by atoms with Crippen LogP contribution >= 0.6 is 11.3 Å². The first-order chi connectivity index (χ1) is 12.6. The Morgan fingerprint density at radius 1 is 1.04 bits per heavy atom. The highest BCUT2D eigenvalue weighted by atomic mass is 32.1. The van der Waals surface area contributed by atoms with Crippen LogP contribution in [0.5, 0.6) is 0 Å². The molecule has 0 amide bonds. The maximum atomic E-state index is 13.0. The number of nitrogens with zero attached hydrogens (tertiary/aromatic N) is 3. The van der Waals surface area contributed by atoms with E-state index in [9.17, 15) is 4.39 Å². The average Bonchev–Trinajstić information content (AvgIpc) is 3.26. The highest BCUT2D eigenvalue weighted by Gasteiger charge is 2.13. The second-order valence-corrected chi connectivity index (χ2v) is 7.08. The number of aryl methyl sites for hydroxylation is 2. The summed E-state index contributed by atoms with van der Waals surface area (Å²) in [4.78, 5) is 9.08. The standard InChI is InChI=1S/C20H16FN3OS/c1-12-3-8-16(13(2)9-12)17-11-26-19(22-17)10-18-23-20(24-25-18)14-4-6-15(21)7-5-14/h3-9,11H,10H2,1-2H3. The maximum absolute atomic E-state index is 13.0. The third kappa shape index (κ3) is 3.41. The lowest BCUT2D eigenvalue weighted by atomic mass is 10.0. The van der Waals surface area contributed by atoms with Gasteiger partial charge >= 0.3 is 0 Å². The lowest BCUT2D eigenvalue weighted by Crippen LogP contribution is -1.89. The van der Waals surface area contributed by atoms with Crippen LogP contribution in [0.3, 0.4) is 0 Å². The summed E-state index contributed by atoms with van der Waals surface area (Å²) in [7, 11) is 0. The smallest absolute Gasteiger partial charge is 0.233 e. The van der Waals surface area contributed by atoms with Crippen molar-refractivity contribution in [2.45, 2.75) is 20.3 Å². The van der Waals surface area contributed by atoms with Gasteiger partial charge in [0.05, 0.1) is 12.1 Å². The Morgan fingerprint density at radius 2 is 1.85 bits per heavy atom. The summed E-state index contributed by atoms with van der Waals surface area (Å²) in [5.74, 6) is 0.649. The van der Waals surface area contributed by atoms with Crippen molar-refractivity contribution in [2.75, 3.05) is 0 Å². The van der Waals surface area contributed by atoms with E-state index in [1.54, 1.807) is 23.5 Å². The molecule has 0 bridgehead atoms. The lowest BCUT2D eigenvalue weighted by molar-refractivity contribution is 0.385. The zero-order chi connectivity index (χ0) is 18.1. The molecule has 0 saturated carbocycles. The van der Waals surface area contributed by atoms with Crippen LogP contribution in [0, 0.1) is 19.7 Å². The molecule has 2 heterocycles. The predicted molar refractivity (Wildman–Crippen MR) is 99.5 cm³/mol. The molecule has 2 aromatic carbocycles. The van der Waals surface area contributed by atoms with Crippen LogP contribution in [0.2, 0.25) is 0 Å². The number of hydrogen-bond acceptors (Lipinski definition) is 5. The normalized spacial score (nSPS) is 11.0. The minimum absolute atomic E-state index is 0.292. The number of aromatic nitrogens is 3. The molecule has 0 N–H and O–H groups in total. The van der Waals surface area contributed by atoms with Crippen molar-refractivity contribution >= 4 is 11.3 Å². The van der Waals surface area contributed by atoms with Gasteiger partial charge in [0.25, 0.3) is 0 Å². The molecular weight excluding hydrogens is 349 g/mol. The van der Waals surface area contributed by atoms with E-state index < -0.39 is 0 Å². The van der Waals surface area contributed by atoms with Gasteiger partial charge in [-0.2, -0.15) is 4.98 Å². The minimum Gasteiger partial charge on any atom is -0.339 e. The van der Waals surface area contributed by atoms with Gasteiger partial charge in [-0.3, -0.25) is 0 Å². The molecule has 4 rings (SSSR count). The number of rotatable bonds is 4. The quantitative estimate of drug-likeness (QED) is 0.498. The van der Waals surface area contributed by atoms with Gasteiger partial charge in [0.1, 0.15) is 10.8 Å². The van der Waals surface area contributed by atoms with Crippen LogP contribution in [0.1, 0.15) is 22.0 Å². The highest BCUT2D eigenvalue weighted by Crippen LogP contribution is 2.27. The Labute approximate surface area is 154 Å². The van der Waals surface area contributed by atoms with E-state index in [0.29, 0.717) is 18.1 Å². The molecule has 6 heteroatoms. The summed E-state index contributed by atoms with van der Waals surface area (Å²) in [6, 6.07) is 12.4. The monoisotopic (exact) mass is 365 g/mol. The number of hydrogen-bond donors (Lipinski definition) is 0. The Kier molecular flexibility index (Phi) is 4.34. The molecule has 0 fully saturated rings. The molecule has 0 spiro atoms. The van der Waals surface area contributed by atoms with Gasteiger partial charge < -0.3 is 4.52 Å². The highest BCUT2D eigenvalue weighted by molar-refractivity contribution is 7.10. The van der Waals surface area contributed by atoms with Gasteiger partial charge in [-0.15, -0.1) is 11.3 Å². The van der Waals surface area contributed by atoms with Gasteiger partial charge in [-0.25, -0.2) is 9.37 Å². The minimum atomic E-state index is -0.292. The zero-order valence-electron chi connectivity index (χ0n) is 14.4. The maximum Gasteiger partial charge on any atom is 0.233 e. The van der Waals surface area contributed by atoms with Crippen LogP contribution in [-0.2, 0) is 6.42 Å². The van der Waals surface area contributed by atoms with Gasteiger partial charge in [-0.1, -0.05) is 28.9 Å². The SMILES string of the molecule is Cc1ccc(-c2csc(Cc3nc(-c4ccc(F)cc4)no3)n2)c(C)c1. The van der Waals surface area contributed by atoms with Crippen molar-refractivity contribution < 1.29 is 8.91 Å². The van der Waals surface area contributed by atoms with E-state index in [-0.39, 0.29) is 5.82 Å². The Balaban J connectivity index is 1.53. The van der Waals surface area contributed by atoms with Crippen molar-refractivity contribution in [1.82, 2.24) is 15.1 Å². The van der Waals surface area contributed by atoms with E-state index in [0.717, 1.165) is 21.8 Å². The number of benzene rings is 2. The molecule has 0 atom stereocenters. The van der Waals surface area contributed by atoms with Crippen molar-refractivity contribution in [3.63, 3.8) is 0 Å². The summed E-state index contributed by atoms with van der Waals surface area (Å²) in [6.07, 6.45) is 0.476. The summed E-state index contributed by atoms with van der Waals surface area (Å²) >= 11 is 1.57. The van der Waals surface area contributed by atoms with Crippen LogP contribution in [0.15, 0.2) is 52.4 Å². The van der Waals surface area contributed by atoms with Crippen LogP contribution < -0.4 is 0 Å². The van der Waals surface area contributed by atoms with Gasteiger partial charge in [0.2, 0.25) is 11.7 Å². The predicted octanol–water partition coefficient (Wildman–Crippen LogP) is 5.21. The van der Waals surface area contributed by atoms with Gasteiger partial charge in [0, 0.05) is 16.5 Å². The first-order valence-corrected chi connectivity index (χ1v) is 9.07. The molecule has 0 radical (unpaired) electrons. The molecule has 0 saturated heterocycles. The molecule has 26 heavy (non-hydrogen) atoms. The van der Waals surface area contributed by atoms with E-state index >= 15 is 0 Å². The first-order valence-electron chi connectivity index (χ1n) is 8.19. The van der Waals surface area contributed by atoms with Gasteiger partial charge in [0.15, 0.2) is 0 Å². The average molecular weight is 365 g/mol. The van der Waals surface area contributed by atoms with E-state index in [2.05, 4.69) is 42.2 Å². The van der Waals surface area contributed by atoms with Crippen LogP contribution in [0.4, 0.5) is 4.39 Å². The van der Waals surface area contributed by atoms with Crippen molar-refractivity contribution in [3.05, 3.63) is 75.7 Å². The molecule has 4 aromatic rings. The molecule has 0 aliphatic heterocycles. The zero-order valence-corrected chi connectivity index (χ0v) is 15.2. The van der Waals surface area contributed by atoms with Crippen molar-refractivity contribution in [2.24, 2.45) is 0 Å². The van der Waals surface area contributed by atoms with Crippen molar-refractivity contribution in [3.8, 4) is 22.6 Å². The lowest BCUT2D eigenvalue weighted by Gasteiger charge is -2.03. The Hall–Kier alpha value is -2.86. The van der Waals surface area contributed by atoms with Gasteiger partial charge in [-0.05, 0) is 43.7 Å². The summed E-state index contributed by atoms with van der Waals surface area (Å²) in [5.41, 5.74) is 5.26. The number of thiazole rings is 1. The van der Waals surface area contributed by atoms with E-state index in [1.165, 1.54) is 23.3 Å². The second-order valence-electron chi connectivity index (χ2n) is 6.14.